The van der Waals surface area contributed by atoms with Gasteiger partial charge in [0.15, 0.2) is 0 Å². The Kier molecular flexibility index (Phi) is 37.2. The lowest BCUT2D eigenvalue weighted by molar-refractivity contribution is -0.171. The van der Waals surface area contributed by atoms with Crippen LogP contribution >= 0.6 is 0 Å². The second kappa shape index (κ2) is 40.2. The van der Waals surface area contributed by atoms with E-state index in [0.717, 1.165) is 90.4 Å². The maximum Gasteiger partial charge on any atom is 0.306 e. The molecule has 0 aliphatic carbocycles. The quantitative estimate of drug-likeness (QED) is 0.0352. The Morgan fingerprint density at radius 1 is 0.569 bits per heavy atom. The lowest BCUT2D eigenvalue weighted by atomic mass is 10.1. The molecule has 0 spiro atoms. The highest BCUT2D eigenvalue weighted by atomic mass is 16.6. The van der Waals surface area contributed by atoms with Crippen LogP contribution in [0.2, 0.25) is 0 Å². The summed E-state index contributed by atoms with van der Waals surface area (Å²) in [7, 11) is 0. The van der Waals surface area contributed by atoms with Gasteiger partial charge >= 0.3 is 11.9 Å². The van der Waals surface area contributed by atoms with Crippen molar-refractivity contribution in [2.45, 2.75) is 206 Å². The normalized spacial score (nSPS) is 15.0. The van der Waals surface area contributed by atoms with Crippen molar-refractivity contribution in [2.24, 2.45) is 5.73 Å². The van der Waals surface area contributed by atoms with Crippen molar-refractivity contribution in [3.05, 3.63) is 24.3 Å². The number of hydrogen-bond donors (Lipinski definition) is 2. The molecule has 1 heterocycles. The number of ether oxygens (including phenoxy) is 3. The summed E-state index contributed by atoms with van der Waals surface area (Å²) < 4.78 is 17.3. The Labute approximate surface area is 355 Å². The third-order valence-electron chi connectivity index (χ3n) is 11.2. The van der Waals surface area contributed by atoms with Crippen molar-refractivity contribution >= 4 is 17.8 Å². The Morgan fingerprint density at radius 3 is 1.40 bits per heavy atom. The molecule has 0 aromatic heterocycles. The number of esters is 2. The fourth-order valence-corrected chi connectivity index (χ4v) is 7.38. The predicted molar refractivity (Wildman–Crippen MR) is 239 cm³/mol. The van der Waals surface area contributed by atoms with E-state index in [1.54, 1.807) is 0 Å². The number of primary amides is 1. The number of carbonyl (C=O) groups is 3. The first-order valence-electron chi connectivity index (χ1n) is 24.0. The summed E-state index contributed by atoms with van der Waals surface area (Å²) in [4.78, 5) is 42.7. The van der Waals surface area contributed by atoms with Gasteiger partial charge in [0.1, 0.15) is 12.7 Å². The van der Waals surface area contributed by atoms with Crippen molar-refractivity contribution in [3.8, 4) is 0 Å². The SMILES string of the molecule is CCCCCCCCC=CCCCCCCCC(=O)OCC(OCCN1CCN(CCO)CC1)C(OC(=O)CCCCCCCC=CCCCCCCCC)C(N)=O. The average molecular weight is 820 g/mol. The summed E-state index contributed by atoms with van der Waals surface area (Å²) in [6, 6.07) is 0. The van der Waals surface area contributed by atoms with Crippen LogP contribution in [0.25, 0.3) is 0 Å². The van der Waals surface area contributed by atoms with Gasteiger partial charge in [-0.3, -0.25) is 24.2 Å². The molecule has 1 amide bonds. The van der Waals surface area contributed by atoms with Crippen molar-refractivity contribution in [2.75, 3.05) is 59.1 Å². The zero-order valence-corrected chi connectivity index (χ0v) is 37.5. The highest BCUT2D eigenvalue weighted by Crippen LogP contribution is 2.15. The molecule has 58 heavy (non-hydrogen) atoms. The molecular weight excluding hydrogens is 731 g/mol. The van der Waals surface area contributed by atoms with Gasteiger partial charge < -0.3 is 25.1 Å². The van der Waals surface area contributed by atoms with Crippen LogP contribution in [-0.2, 0) is 28.6 Å². The zero-order valence-electron chi connectivity index (χ0n) is 37.5. The smallest absolute Gasteiger partial charge is 0.306 e. The van der Waals surface area contributed by atoms with E-state index in [9.17, 15) is 19.5 Å². The van der Waals surface area contributed by atoms with Crippen molar-refractivity contribution in [3.63, 3.8) is 0 Å². The summed E-state index contributed by atoms with van der Waals surface area (Å²) in [5.74, 6) is -1.66. The van der Waals surface area contributed by atoms with Crippen LogP contribution in [0.3, 0.4) is 0 Å². The molecule has 2 unspecified atom stereocenters. The van der Waals surface area contributed by atoms with E-state index in [4.69, 9.17) is 19.9 Å². The fourth-order valence-electron chi connectivity index (χ4n) is 7.38. The second-order valence-electron chi connectivity index (χ2n) is 16.5. The first-order chi connectivity index (χ1) is 28.4. The number of β-amino-alcohol motifs (C(OH)–C–C–N with tert-alkyl or cyclic N) is 1. The number of allylic oxidation sites excluding steroid dienone is 4. The minimum absolute atomic E-state index is 0.144. The number of carbonyl (C=O) groups excluding carboxylic acids is 3. The molecule has 1 fully saturated rings. The largest absolute Gasteiger partial charge is 0.463 e. The van der Waals surface area contributed by atoms with Gasteiger partial charge in [-0.2, -0.15) is 0 Å². The van der Waals surface area contributed by atoms with Crippen LogP contribution in [0.5, 0.6) is 0 Å². The van der Waals surface area contributed by atoms with Crippen LogP contribution in [-0.4, -0.2) is 104 Å². The maximum absolute atomic E-state index is 12.9. The summed E-state index contributed by atoms with van der Waals surface area (Å²) >= 11 is 0. The molecule has 0 aromatic rings. The van der Waals surface area contributed by atoms with Crippen molar-refractivity contribution in [1.29, 1.82) is 0 Å². The lowest BCUT2D eigenvalue weighted by Crippen LogP contribution is -2.49. The second-order valence-corrected chi connectivity index (χ2v) is 16.5. The van der Waals surface area contributed by atoms with E-state index in [0.29, 0.717) is 25.9 Å². The molecular formula is C48H89N3O7. The molecule has 1 saturated heterocycles. The number of unbranched alkanes of at least 4 members (excludes halogenated alkanes) is 22. The van der Waals surface area contributed by atoms with E-state index in [-0.39, 0.29) is 32.2 Å². The Hall–Kier alpha value is -2.27. The first-order valence-corrected chi connectivity index (χ1v) is 24.0. The molecule has 2 atom stereocenters. The molecule has 0 aromatic carbocycles. The van der Waals surface area contributed by atoms with Gasteiger partial charge in [-0.1, -0.05) is 141 Å². The maximum atomic E-state index is 12.9. The van der Waals surface area contributed by atoms with Gasteiger partial charge in [-0.05, 0) is 64.2 Å². The van der Waals surface area contributed by atoms with Crippen LogP contribution in [0.15, 0.2) is 24.3 Å². The van der Waals surface area contributed by atoms with Gasteiger partial charge in [-0.25, -0.2) is 0 Å². The third kappa shape index (κ3) is 32.6. The molecule has 1 aliphatic heterocycles. The van der Waals surface area contributed by atoms with E-state index < -0.39 is 24.1 Å². The lowest BCUT2D eigenvalue weighted by Gasteiger charge is -2.34. The molecule has 10 nitrogen and oxygen atoms in total. The van der Waals surface area contributed by atoms with E-state index in [2.05, 4.69) is 48.0 Å². The number of aliphatic hydroxyl groups is 1. The average Bonchev–Trinajstić information content (AvgIpc) is 3.22. The molecule has 1 aliphatic rings. The van der Waals surface area contributed by atoms with Gasteiger partial charge in [0.05, 0.1) is 13.2 Å². The van der Waals surface area contributed by atoms with E-state index in [1.807, 2.05) is 0 Å². The summed E-state index contributed by atoms with van der Waals surface area (Å²) in [6.45, 7) is 9.38. The first kappa shape index (κ1) is 53.7. The summed E-state index contributed by atoms with van der Waals surface area (Å²) in [6.07, 6.45) is 38.0. The van der Waals surface area contributed by atoms with Crippen LogP contribution in [0, 0.1) is 0 Å². The number of aliphatic hydroxyl groups excluding tert-OH is 1. The molecule has 1 rings (SSSR count). The number of amides is 1. The Balaban J connectivity index is 2.41. The number of nitrogens with zero attached hydrogens (tertiary/aromatic N) is 2. The van der Waals surface area contributed by atoms with Gasteiger partial charge in [0.25, 0.3) is 5.91 Å². The molecule has 0 radical (unpaired) electrons. The Morgan fingerprint density at radius 2 is 0.966 bits per heavy atom. The van der Waals surface area contributed by atoms with Gasteiger partial charge in [0, 0.05) is 52.1 Å². The molecule has 0 saturated carbocycles. The van der Waals surface area contributed by atoms with Crippen LogP contribution < -0.4 is 5.73 Å². The van der Waals surface area contributed by atoms with Crippen molar-refractivity contribution in [1.82, 2.24) is 9.80 Å². The monoisotopic (exact) mass is 820 g/mol. The highest BCUT2D eigenvalue weighted by molar-refractivity contribution is 5.83. The number of hydrogen-bond acceptors (Lipinski definition) is 9. The van der Waals surface area contributed by atoms with Gasteiger partial charge in [0.2, 0.25) is 6.10 Å². The number of nitrogens with two attached hydrogens (primary N) is 1. The van der Waals surface area contributed by atoms with Gasteiger partial charge in [-0.15, -0.1) is 0 Å². The molecule has 0 bridgehead atoms. The van der Waals surface area contributed by atoms with E-state index >= 15 is 0 Å². The Bertz CT molecular complexity index is 1030. The van der Waals surface area contributed by atoms with Crippen LogP contribution in [0.4, 0.5) is 0 Å². The molecule has 338 valence electrons. The van der Waals surface area contributed by atoms with Crippen LogP contribution in [0.1, 0.15) is 194 Å². The highest BCUT2D eigenvalue weighted by Gasteiger charge is 2.33. The number of piperazine rings is 1. The summed E-state index contributed by atoms with van der Waals surface area (Å²) in [5.41, 5.74) is 5.75. The van der Waals surface area contributed by atoms with E-state index in [1.165, 1.54) is 96.3 Å². The number of rotatable bonds is 41. The van der Waals surface area contributed by atoms with Crippen molar-refractivity contribution < 1.29 is 33.7 Å². The minimum atomic E-state index is -1.34. The summed E-state index contributed by atoms with van der Waals surface area (Å²) in [5, 5.41) is 9.25. The minimum Gasteiger partial charge on any atom is -0.463 e. The standard InChI is InChI=1S/C48H89N3O7/c1-3-5-7-9-11-13-15-17-19-21-23-25-27-29-31-33-45(53)57-43-44(56-42-40-51-37-35-50(36-38-51)39-41-52)47(48(49)55)58-46(54)34-32-30-28-26-24-22-20-18-16-14-12-10-8-6-4-2/h17-20,44,47,52H,3-16,21-43H2,1-2H3,(H2,49,55). The molecule has 10 heteroatoms. The third-order valence-corrected chi connectivity index (χ3v) is 11.2. The predicted octanol–water partition coefficient (Wildman–Crippen LogP) is 10.00. The fraction of sp³-hybridized carbons (Fsp3) is 0.854. The topological polar surface area (TPSA) is 132 Å². The molecule has 3 N–H and O–H groups in total. The zero-order chi connectivity index (χ0) is 42.2.